The number of nitrogens with zero attached hydrogens (tertiary/aromatic N) is 1. The van der Waals surface area contributed by atoms with Gasteiger partial charge in [-0.1, -0.05) is 42.2 Å². The highest BCUT2D eigenvalue weighted by atomic mass is 35.5. The smallest absolute Gasteiger partial charge is 0.129 e. The molecule has 0 spiro atoms. The fourth-order valence-corrected chi connectivity index (χ4v) is 2.99. The molecule has 1 rings (SSSR count). The van der Waals surface area contributed by atoms with Gasteiger partial charge < -0.3 is 19.0 Å². The van der Waals surface area contributed by atoms with Gasteiger partial charge in [-0.05, 0) is 82.2 Å². The maximum absolute atomic E-state index is 6.17. The van der Waals surface area contributed by atoms with Crippen LogP contribution in [0, 0.1) is 0 Å². The van der Waals surface area contributed by atoms with Gasteiger partial charge in [0.15, 0.2) is 0 Å². The molecule has 32 heavy (non-hydrogen) atoms. The number of aryl methyl sites for hydroxylation is 2. The molecule has 0 saturated carbocycles. The predicted molar refractivity (Wildman–Crippen MR) is 135 cm³/mol. The van der Waals surface area contributed by atoms with Gasteiger partial charge in [0, 0.05) is 19.2 Å². The Bertz CT molecular complexity index is 685. The molecule has 1 aromatic carbocycles. The fraction of sp³-hybridized carbons (Fsp3) is 0.640. The average molecular weight is 488 g/mol. The molecule has 0 fully saturated rings. The zero-order chi connectivity index (χ0) is 23.8. The lowest BCUT2D eigenvalue weighted by Gasteiger charge is -2.17. The minimum absolute atomic E-state index is 0.210. The molecule has 0 aliphatic carbocycles. The monoisotopic (exact) mass is 487 g/mol. The van der Waals surface area contributed by atoms with E-state index in [0.29, 0.717) is 19.8 Å². The third-order valence-electron chi connectivity index (χ3n) is 4.44. The lowest BCUT2D eigenvalue weighted by Crippen LogP contribution is -2.15. The van der Waals surface area contributed by atoms with Gasteiger partial charge in [0.2, 0.25) is 0 Å². The zero-order valence-corrected chi connectivity index (χ0v) is 21.7. The van der Waals surface area contributed by atoms with E-state index in [2.05, 4.69) is 19.0 Å². The van der Waals surface area contributed by atoms with Gasteiger partial charge in [0.25, 0.3) is 0 Å². The lowest BCUT2D eigenvalue weighted by molar-refractivity contribution is 0.00128. The quantitative estimate of drug-likeness (QED) is 0.140. The molecule has 0 aliphatic rings. The molecule has 5 nitrogen and oxygen atoms in total. The van der Waals surface area contributed by atoms with Crippen LogP contribution in [0.2, 0.25) is 0 Å². The summed E-state index contributed by atoms with van der Waals surface area (Å²) in [6.45, 7) is 12.6. The van der Waals surface area contributed by atoms with E-state index in [-0.39, 0.29) is 10.1 Å². The molecular formula is C25H39Cl2NO4. The van der Waals surface area contributed by atoms with Crippen molar-refractivity contribution in [1.29, 1.82) is 0 Å². The van der Waals surface area contributed by atoms with E-state index in [1.165, 1.54) is 0 Å². The normalized spacial score (nSPS) is 11.6. The first-order valence-electron chi connectivity index (χ1n) is 11.5. The van der Waals surface area contributed by atoms with Crippen LogP contribution >= 0.6 is 23.2 Å². The molecule has 0 bridgehead atoms. The summed E-state index contributed by atoms with van der Waals surface area (Å²) in [6, 6.07) is 4.07. The largest absolute Gasteiger partial charge is 0.493 e. The van der Waals surface area contributed by atoms with E-state index in [1.54, 1.807) is 12.3 Å². The van der Waals surface area contributed by atoms with Crippen LogP contribution < -0.4 is 9.47 Å². The SMILES string of the molecule is CCc1cc(OCC=C(Cl)Cl)cc(CC)c1OCCCCCOCC/C=N/OC(C)(C)C. The van der Waals surface area contributed by atoms with Crippen molar-refractivity contribution < 1.29 is 19.0 Å². The summed E-state index contributed by atoms with van der Waals surface area (Å²) in [5.41, 5.74) is 2.06. The number of oxime groups is 1. The summed E-state index contributed by atoms with van der Waals surface area (Å²) in [5.74, 6) is 1.80. The first kappa shape index (κ1) is 28.6. The van der Waals surface area contributed by atoms with Crippen LogP contribution in [0.25, 0.3) is 0 Å². The minimum atomic E-state index is -0.248. The Kier molecular flexibility index (Phi) is 14.5. The number of hydrogen-bond donors (Lipinski definition) is 0. The molecule has 0 aliphatic heterocycles. The molecule has 0 radical (unpaired) electrons. The van der Waals surface area contributed by atoms with Crippen molar-refractivity contribution in [1.82, 2.24) is 0 Å². The summed E-state index contributed by atoms with van der Waals surface area (Å²) >= 11 is 11.3. The lowest BCUT2D eigenvalue weighted by atomic mass is 10.0. The van der Waals surface area contributed by atoms with Crippen LogP contribution in [0.1, 0.15) is 71.4 Å². The van der Waals surface area contributed by atoms with Crippen LogP contribution in [0.5, 0.6) is 11.5 Å². The highest BCUT2D eigenvalue weighted by Gasteiger charge is 2.11. The molecule has 0 amide bonds. The van der Waals surface area contributed by atoms with Gasteiger partial charge in [-0.3, -0.25) is 0 Å². The van der Waals surface area contributed by atoms with E-state index in [1.807, 2.05) is 32.9 Å². The summed E-state index contributed by atoms with van der Waals surface area (Å²) in [5, 5.41) is 3.94. The first-order valence-corrected chi connectivity index (χ1v) is 12.2. The minimum Gasteiger partial charge on any atom is -0.493 e. The molecule has 0 heterocycles. The number of hydrogen-bond acceptors (Lipinski definition) is 5. The average Bonchev–Trinajstić information content (AvgIpc) is 2.73. The van der Waals surface area contributed by atoms with Gasteiger partial charge in [-0.25, -0.2) is 0 Å². The number of unbranched alkanes of at least 4 members (excludes halogenated alkanes) is 2. The molecule has 0 atom stereocenters. The molecule has 7 heteroatoms. The molecular weight excluding hydrogens is 449 g/mol. The van der Waals surface area contributed by atoms with Crippen molar-refractivity contribution in [3.63, 3.8) is 0 Å². The third kappa shape index (κ3) is 13.2. The van der Waals surface area contributed by atoms with Crippen LogP contribution in [0.4, 0.5) is 0 Å². The van der Waals surface area contributed by atoms with Crippen molar-refractivity contribution in [2.45, 2.75) is 78.7 Å². The predicted octanol–water partition coefficient (Wildman–Crippen LogP) is 7.27. The van der Waals surface area contributed by atoms with Gasteiger partial charge >= 0.3 is 0 Å². The fourth-order valence-electron chi connectivity index (χ4n) is 2.86. The summed E-state index contributed by atoms with van der Waals surface area (Å²) in [4.78, 5) is 5.28. The first-order chi connectivity index (χ1) is 15.3. The van der Waals surface area contributed by atoms with Gasteiger partial charge in [-0.2, -0.15) is 0 Å². The Morgan fingerprint density at radius 3 is 2.19 bits per heavy atom. The van der Waals surface area contributed by atoms with Crippen molar-refractivity contribution in [3.05, 3.63) is 33.8 Å². The molecule has 0 N–H and O–H groups in total. The number of benzene rings is 1. The Labute approximate surface area is 204 Å². The van der Waals surface area contributed by atoms with Crippen molar-refractivity contribution in [2.75, 3.05) is 26.4 Å². The van der Waals surface area contributed by atoms with Gasteiger partial charge in [0.05, 0.1) is 13.2 Å². The molecule has 182 valence electrons. The van der Waals surface area contributed by atoms with Crippen LogP contribution in [0.15, 0.2) is 27.9 Å². The topological polar surface area (TPSA) is 49.3 Å². The summed E-state index contributed by atoms with van der Waals surface area (Å²) < 4.78 is 17.8. The Hall–Kier alpha value is -1.43. The number of ether oxygens (including phenoxy) is 3. The van der Waals surface area contributed by atoms with E-state index >= 15 is 0 Å². The number of halogens is 2. The van der Waals surface area contributed by atoms with E-state index in [0.717, 1.165) is 67.8 Å². The van der Waals surface area contributed by atoms with E-state index < -0.39 is 0 Å². The second-order valence-electron chi connectivity index (χ2n) is 8.38. The van der Waals surface area contributed by atoms with Crippen molar-refractivity contribution >= 4 is 29.4 Å². The molecule has 0 unspecified atom stereocenters. The molecule has 1 aromatic rings. The molecule has 0 saturated heterocycles. The molecule has 0 aromatic heterocycles. The van der Waals surface area contributed by atoms with Crippen LogP contribution in [0.3, 0.4) is 0 Å². The maximum Gasteiger partial charge on any atom is 0.129 e. The Morgan fingerprint density at radius 2 is 1.59 bits per heavy atom. The number of rotatable bonds is 16. The Balaban J connectivity index is 2.31. The second-order valence-corrected chi connectivity index (χ2v) is 9.39. The second kappa shape index (κ2) is 16.2. The van der Waals surface area contributed by atoms with Crippen molar-refractivity contribution in [3.8, 4) is 11.5 Å². The highest BCUT2D eigenvalue weighted by Crippen LogP contribution is 2.31. The Morgan fingerprint density at radius 1 is 0.938 bits per heavy atom. The van der Waals surface area contributed by atoms with E-state index in [9.17, 15) is 0 Å². The summed E-state index contributed by atoms with van der Waals surface area (Å²) in [7, 11) is 0. The van der Waals surface area contributed by atoms with Crippen molar-refractivity contribution in [2.24, 2.45) is 5.16 Å². The third-order valence-corrected chi connectivity index (χ3v) is 4.75. The van der Waals surface area contributed by atoms with Gasteiger partial charge in [-0.15, -0.1) is 0 Å². The summed E-state index contributed by atoms with van der Waals surface area (Å²) in [6.07, 6.45) is 8.98. The zero-order valence-electron chi connectivity index (χ0n) is 20.2. The van der Waals surface area contributed by atoms with Gasteiger partial charge in [0.1, 0.15) is 28.2 Å². The van der Waals surface area contributed by atoms with E-state index in [4.69, 9.17) is 42.3 Å². The standard InChI is InChI=1S/C25H39Cl2NO4/c1-6-20-18-22(30-17-12-23(26)27)19-21(7-2)24(20)31-16-10-8-9-14-29-15-11-13-28-32-25(3,4)5/h12-13,18-19H,6-11,14-17H2,1-5H3/b28-13+. The van der Waals surface area contributed by atoms with Crippen LogP contribution in [-0.4, -0.2) is 38.2 Å². The highest BCUT2D eigenvalue weighted by molar-refractivity contribution is 6.55. The maximum atomic E-state index is 6.17. The van der Waals surface area contributed by atoms with Crippen LogP contribution in [-0.2, 0) is 22.4 Å².